The molecule has 0 amide bonds. The van der Waals surface area contributed by atoms with E-state index in [9.17, 15) is 4.79 Å². The molecule has 3 rings (SSSR count). The fourth-order valence-electron chi connectivity index (χ4n) is 2.03. The van der Waals surface area contributed by atoms with Crippen molar-refractivity contribution in [1.82, 2.24) is 0 Å². The van der Waals surface area contributed by atoms with Crippen molar-refractivity contribution >= 4 is 40.5 Å². The average molecular weight is 405 g/mol. The van der Waals surface area contributed by atoms with Crippen LogP contribution in [0.5, 0.6) is 5.75 Å². The summed E-state index contributed by atoms with van der Waals surface area (Å²) in [6.07, 6.45) is 1.73. The molecule has 0 radical (unpaired) electrons. The van der Waals surface area contributed by atoms with E-state index in [0.29, 0.717) is 22.9 Å². The minimum absolute atomic E-state index is 0.293. The van der Waals surface area contributed by atoms with E-state index in [1.165, 1.54) is 0 Å². The third kappa shape index (κ3) is 3.04. The lowest BCUT2D eigenvalue weighted by atomic mass is 10.2. The van der Waals surface area contributed by atoms with Gasteiger partial charge < -0.3 is 9.47 Å². The minimum atomic E-state index is -0.447. The first kappa shape index (κ1) is 14.8. The van der Waals surface area contributed by atoms with Gasteiger partial charge in [0.2, 0.25) is 5.90 Å². The van der Waals surface area contributed by atoms with Gasteiger partial charge in [-0.3, -0.25) is 0 Å². The number of hydrogen-bond acceptors (Lipinski definition) is 4. The first-order valence-corrected chi connectivity index (χ1v) is 7.67. The Kier molecular flexibility index (Phi) is 4.24. The number of nitrogens with zero attached hydrogens (tertiary/aromatic N) is 1. The number of carbonyl (C=O) groups excluding carboxylic acids is 1. The van der Waals surface area contributed by atoms with Crippen LogP contribution in [-0.4, -0.2) is 19.0 Å². The van der Waals surface area contributed by atoms with E-state index in [1.807, 2.05) is 42.5 Å². The zero-order valence-electron chi connectivity index (χ0n) is 11.7. The number of hydrogen-bond donors (Lipinski definition) is 0. The number of benzene rings is 2. The van der Waals surface area contributed by atoms with Crippen molar-refractivity contribution < 1.29 is 14.3 Å². The maximum Gasteiger partial charge on any atom is 0.363 e. The van der Waals surface area contributed by atoms with Crippen LogP contribution in [0.25, 0.3) is 6.08 Å². The lowest BCUT2D eigenvalue weighted by Gasteiger charge is -2.02. The van der Waals surface area contributed by atoms with Crippen LogP contribution in [0.15, 0.2) is 59.2 Å². The Balaban J connectivity index is 1.96. The molecular weight excluding hydrogens is 393 g/mol. The molecule has 2 aromatic carbocycles. The van der Waals surface area contributed by atoms with Crippen LogP contribution < -0.4 is 4.74 Å². The summed E-state index contributed by atoms with van der Waals surface area (Å²) in [5.74, 6) is 0.532. The monoisotopic (exact) mass is 405 g/mol. The first-order chi connectivity index (χ1) is 10.7. The van der Waals surface area contributed by atoms with Gasteiger partial charge in [-0.05, 0) is 58.5 Å². The maximum absolute atomic E-state index is 12.0. The van der Waals surface area contributed by atoms with Gasteiger partial charge in [0.25, 0.3) is 0 Å². The van der Waals surface area contributed by atoms with E-state index in [0.717, 1.165) is 9.13 Å². The van der Waals surface area contributed by atoms with Gasteiger partial charge in [-0.25, -0.2) is 9.79 Å². The largest absolute Gasteiger partial charge is 0.497 e. The Morgan fingerprint density at radius 1 is 1.18 bits per heavy atom. The molecule has 1 aliphatic rings. The summed E-state index contributed by atoms with van der Waals surface area (Å²) >= 11 is 2.22. The lowest BCUT2D eigenvalue weighted by molar-refractivity contribution is -0.129. The topological polar surface area (TPSA) is 47.9 Å². The summed E-state index contributed by atoms with van der Waals surface area (Å²) in [5, 5.41) is 0. The van der Waals surface area contributed by atoms with Crippen molar-refractivity contribution in [3.8, 4) is 5.75 Å². The van der Waals surface area contributed by atoms with Gasteiger partial charge in [-0.2, -0.15) is 0 Å². The van der Waals surface area contributed by atoms with Crippen LogP contribution in [-0.2, 0) is 9.53 Å². The minimum Gasteiger partial charge on any atom is -0.497 e. The standard InChI is InChI=1S/C17H12INO3/c1-21-13-7-4-6-12(9-13)16-19-15(17(20)22-16)10-11-5-2-3-8-14(11)18/h2-10H,1H3/b15-10-. The van der Waals surface area contributed by atoms with E-state index in [2.05, 4.69) is 27.6 Å². The molecular formula is C17H12INO3. The van der Waals surface area contributed by atoms with Crippen LogP contribution in [0.2, 0.25) is 0 Å². The van der Waals surface area contributed by atoms with E-state index in [-0.39, 0.29) is 0 Å². The van der Waals surface area contributed by atoms with Gasteiger partial charge in [0, 0.05) is 9.13 Å². The number of methoxy groups -OCH3 is 1. The van der Waals surface area contributed by atoms with E-state index in [4.69, 9.17) is 9.47 Å². The molecule has 5 heteroatoms. The number of halogens is 1. The highest BCUT2D eigenvalue weighted by molar-refractivity contribution is 14.1. The van der Waals surface area contributed by atoms with Gasteiger partial charge >= 0.3 is 5.97 Å². The molecule has 0 atom stereocenters. The number of rotatable bonds is 3. The fourth-order valence-corrected chi connectivity index (χ4v) is 2.57. The summed E-state index contributed by atoms with van der Waals surface area (Å²) < 4.78 is 11.5. The normalized spacial score (nSPS) is 15.6. The second kappa shape index (κ2) is 6.31. The Labute approximate surface area is 141 Å². The van der Waals surface area contributed by atoms with Gasteiger partial charge in [0.15, 0.2) is 5.70 Å². The third-order valence-corrected chi connectivity index (χ3v) is 4.12. The lowest BCUT2D eigenvalue weighted by Crippen LogP contribution is -2.05. The first-order valence-electron chi connectivity index (χ1n) is 6.59. The Morgan fingerprint density at radius 3 is 2.77 bits per heavy atom. The smallest absolute Gasteiger partial charge is 0.363 e. The second-order valence-electron chi connectivity index (χ2n) is 4.59. The molecule has 1 aliphatic heterocycles. The van der Waals surface area contributed by atoms with Crippen LogP contribution in [0, 0.1) is 3.57 Å². The SMILES string of the molecule is COc1cccc(C2=N/C(=C\c3ccccc3I)C(=O)O2)c1. The van der Waals surface area contributed by atoms with Crippen LogP contribution >= 0.6 is 22.6 Å². The maximum atomic E-state index is 12.0. The summed E-state index contributed by atoms with van der Waals surface area (Å²) in [7, 11) is 1.59. The summed E-state index contributed by atoms with van der Waals surface area (Å²) in [6.45, 7) is 0. The molecule has 0 saturated heterocycles. The van der Waals surface area contributed by atoms with Crippen molar-refractivity contribution in [2.24, 2.45) is 4.99 Å². The zero-order chi connectivity index (χ0) is 15.5. The second-order valence-corrected chi connectivity index (χ2v) is 5.75. The van der Waals surface area contributed by atoms with Crippen molar-refractivity contribution in [1.29, 1.82) is 0 Å². The fraction of sp³-hybridized carbons (Fsp3) is 0.0588. The number of aliphatic imine (C=N–C) groups is 1. The molecule has 0 bridgehead atoms. The predicted octanol–water partition coefficient (Wildman–Crippen LogP) is 3.64. The summed E-state index contributed by atoms with van der Waals surface area (Å²) in [6, 6.07) is 15.0. The van der Waals surface area contributed by atoms with Crippen LogP contribution in [0.3, 0.4) is 0 Å². The predicted molar refractivity (Wildman–Crippen MR) is 92.8 cm³/mol. The quantitative estimate of drug-likeness (QED) is 0.445. The van der Waals surface area contributed by atoms with Crippen molar-refractivity contribution in [2.45, 2.75) is 0 Å². The van der Waals surface area contributed by atoms with Gasteiger partial charge in [-0.15, -0.1) is 0 Å². The highest BCUT2D eigenvalue weighted by atomic mass is 127. The summed E-state index contributed by atoms with van der Waals surface area (Å²) in [4.78, 5) is 16.3. The molecule has 1 heterocycles. The van der Waals surface area contributed by atoms with Gasteiger partial charge in [-0.1, -0.05) is 24.3 Å². The molecule has 2 aromatic rings. The highest BCUT2D eigenvalue weighted by Gasteiger charge is 2.24. The van der Waals surface area contributed by atoms with Crippen molar-refractivity contribution in [3.63, 3.8) is 0 Å². The molecule has 22 heavy (non-hydrogen) atoms. The number of cyclic esters (lactones) is 1. The molecule has 0 aromatic heterocycles. The van der Waals surface area contributed by atoms with Crippen molar-refractivity contribution in [2.75, 3.05) is 7.11 Å². The van der Waals surface area contributed by atoms with E-state index < -0.39 is 5.97 Å². The Hall–Kier alpha value is -2.15. The van der Waals surface area contributed by atoms with Crippen molar-refractivity contribution in [3.05, 3.63) is 68.9 Å². The van der Waals surface area contributed by atoms with E-state index in [1.54, 1.807) is 19.3 Å². The third-order valence-electron chi connectivity index (χ3n) is 3.13. The molecule has 0 saturated carbocycles. The Morgan fingerprint density at radius 2 is 2.00 bits per heavy atom. The molecule has 0 spiro atoms. The average Bonchev–Trinajstić information content (AvgIpc) is 2.91. The molecule has 4 nitrogen and oxygen atoms in total. The number of carbonyl (C=O) groups is 1. The molecule has 110 valence electrons. The molecule has 0 fully saturated rings. The number of esters is 1. The molecule has 0 N–H and O–H groups in total. The van der Waals surface area contributed by atoms with Gasteiger partial charge in [0.1, 0.15) is 5.75 Å². The van der Waals surface area contributed by atoms with E-state index >= 15 is 0 Å². The molecule has 0 aliphatic carbocycles. The molecule has 0 unspecified atom stereocenters. The number of ether oxygens (including phenoxy) is 2. The van der Waals surface area contributed by atoms with Crippen LogP contribution in [0.1, 0.15) is 11.1 Å². The highest BCUT2D eigenvalue weighted by Crippen LogP contribution is 2.23. The summed E-state index contributed by atoms with van der Waals surface area (Å²) in [5.41, 5.74) is 1.94. The Bertz CT molecular complexity index is 796. The van der Waals surface area contributed by atoms with Crippen LogP contribution in [0.4, 0.5) is 0 Å². The van der Waals surface area contributed by atoms with Gasteiger partial charge in [0.05, 0.1) is 7.11 Å². The zero-order valence-corrected chi connectivity index (χ0v) is 13.9.